The molecule has 4 aromatic rings. The Labute approximate surface area is 273 Å². The van der Waals surface area contributed by atoms with Gasteiger partial charge in [-0.1, -0.05) is 17.7 Å². The number of halogens is 2. The number of nitrogens with zero attached hydrogens (tertiary/aromatic N) is 6. The van der Waals surface area contributed by atoms with Crippen LogP contribution in [0, 0.1) is 24.1 Å². The van der Waals surface area contributed by atoms with Crippen LogP contribution in [-0.4, -0.2) is 94.6 Å². The Hall–Kier alpha value is -3.70. The van der Waals surface area contributed by atoms with Gasteiger partial charge in [0.2, 0.25) is 0 Å². The highest BCUT2D eigenvalue weighted by Gasteiger charge is 2.51. The van der Waals surface area contributed by atoms with E-state index in [9.17, 15) is 4.79 Å². The summed E-state index contributed by atoms with van der Waals surface area (Å²) < 4.78 is 28.7. The van der Waals surface area contributed by atoms with Crippen LogP contribution in [0.4, 0.5) is 15.0 Å². The predicted molar refractivity (Wildman–Crippen MR) is 177 cm³/mol. The maximum atomic E-state index is 16.9. The molecule has 3 fully saturated rings. The molecule has 46 heavy (non-hydrogen) atoms. The minimum atomic E-state index is -0.546. The van der Waals surface area contributed by atoms with E-state index in [0.717, 1.165) is 48.8 Å². The van der Waals surface area contributed by atoms with Crippen LogP contribution in [0.1, 0.15) is 45.6 Å². The van der Waals surface area contributed by atoms with Crippen molar-refractivity contribution in [3.63, 3.8) is 0 Å². The van der Waals surface area contributed by atoms with Crippen molar-refractivity contribution in [1.29, 1.82) is 0 Å². The first kappa shape index (κ1) is 30.9. The van der Waals surface area contributed by atoms with Gasteiger partial charge in [0.15, 0.2) is 5.82 Å². The van der Waals surface area contributed by atoms with Gasteiger partial charge >= 0.3 is 12.1 Å². The summed E-state index contributed by atoms with van der Waals surface area (Å²) in [4.78, 5) is 28.5. The van der Waals surface area contributed by atoms with Crippen LogP contribution in [0.25, 0.3) is 32.9 Å². The molecule has 3 saturated heterocycles. The predicted octanol–water partition coefficient (Wildman–Crippen LogP) is 6.44. The molecule has 3 aliphatic heterocycles. The van der Waals surface area contributed by atoms with E-state index in [4.69, 9.17) is 26.1 Å². The van der Waals surface area contributed by atoms with Crippen LogP contribution in [0.5, 0.6) is 6.01 Å². The first-order chi connectivity index (χ1) is 21.9. The maximum absolute atomic E-state index is 16.9. The van der Waals surface area contributed by atoms with E-state index in [2.05, 4.69) is 32.0 Å². The summed E-state index contributed by atoms with van der Waals surface area (Å²) in [5.41, 5.74) is 2.19. The summed E-state index contributed by atoms with van der Waals surface area (Å²) in [6.07, 6.45) is 4.34. The monoisotopic (exact) mass is 649 g/mol. The molecule has 3 aliphatic rings. The van der Waals surface area contributed by atoms with Crippen molar-refractivity contribution in [3.05, 3.63) is 40.8 Å². The lowest BCUT2D eigenvalue weighted by molar-refractivity contribution is -0.0266. The second-order valence-electron chi connectivity index (χ2n) is 14.4. The Morgan fingerprint density at radius 1 is 1.11 bits per heavy atom. The number of nitrogens with one attached hydrogen (secondary N) is 1. The van der Waals surface area contributed by atoms with Gasteiger partial charge in [0.25, 0.3) is 0 Å². The largest absolute Gasteiger partial charge is 0.463 e. The molecule has 1 N–H and O–H groups in total. The van der Waals surface area contributed by atoms with Crippen LogP contribution in [0.2, 0.25) is 5.02 Å². The molecule has 1 spiro atoms. The highest BCUT2D eigenvalue weighted by atomic mass is 35.5. The van der Waals surface area contributed by atoms with Gasteiger partial charge in [-0.05, 0) is 90.7 Å². The molecule has 2 aromatic heterocycles. The van der Waals surface area contributed by atoms with Crippen LogP contribution < -0.4 is 9.64 Å². The van der Waals surface area contributed by atoms with Gasteiger partial charge < -0.3 is 24.2 Å². The number of hydrogen-bond acceptors (Lipinski definition) is 8. The number of aryl methyl sites for hydroxylation is 1. The van der Waals surface area contributed by atoms with Crippen LogP contribution in [0.3, 0.4) is 0 Å². The lowest BCUT2D eigenvalue weighted by atomic mass is 9.79. The molecule has 0 radical (unpaired) electrons. The second-order valence-corrected chi connectivity index (χ2v) is 14.8. The lowest BCUT2D eigenvalue weighted by Crippen LogP contribution is -2.60. The first-order valence-corrected chi connectivity index (χ1v) is 16.4. The number of H-pyrrole nitrogens is 1. The molecular formula is C34H41ClFN7O3. The number of fused-ring (bicyclic) bond motifs is 2. The molecule has 0 atom stereocenters. The molecule has 7 rings (SSSR count). The average Bonchev–Trinajstić information content (AvgIpc) is 3.64. The topological polar surface area (TPSA) is 99.7 Å². The fourth-order valence-corrected chi connectivity index (χ4v) is 7.45. The van der Waals surface area contributed by atoms with Crippen molar-refractivity contribution in [1.82, 2.24) is 30.0 Å². The number of anilines is 1. The standard InChI is InChI=1S/C34H41ClFN7O3/c1-20-6-7-25-23(15-37-40-25)26(20)27-24(35)14-22-29(28(27)36)38-31(45-16-21-8-11-41(5)12-9-21)39-30(22)42-13-10-34(17-42)18-43(19-34)32(44)46-33(2,3)4/h6-7,14-15,21H,8-13,16-19H2,1-5H3,(H,37,40). The second kappa shape index (κ2) is 11.5. The van der Waals surface area contributed by atoms with Crippen LogP contribution >= 0.6 is 11.6 Å². The van der Waals surface area contributed by atoms with Gasteiger partial charge in [0.05, 0.1) is 23.3 Å². The molecule has 10 nitrogen and oxygen atoms in total. The Bertz CT molecular complexity index is 1810. The summed E-state index contributed by atoms with van der Waals surface area (Å²) in [6.45, 7) is 12.6. The SMILES string of the molecule is Cc1ccc2[nH]ncc2c1-c1c(Cl)cc2c(N3CCC4(CN(C(=O)OC(C)(C)C)C4)C3)nc(OCC3CCN(C)CC3)nc2c1F. The van der Waals surface area contributed by atoms with Gasteiger partial charge in [0, 0.05) is 53.5 Å². The van der Waals surface area contributed by atoms with Gasteiger partial charge in [-0.3, -0.25) is 5.10 Å². The molecule has 0 bridgehead atoms. The molecule has 0 unspecified atom stereocenters. The molecular weight excluding hydrogens is 609 g/mol. The third-order valence-electron chi connectivity index (χ3n) is 9.65. The smallest absolute Gasteiger partial charge is 0.410 e. The summed E-state index contributed by atoms with van der Waals surface area (Å²) in [5, 5.41) is 8.76. The Balaban J connectivity index is 1.25. The number of amides is 1. The number of likely N-dealkylation sites (tertiary alicyclic amines) is 2. The zero-order chi connectivity index (χ0) is 32.4. The minimum Gasteiger partial charge on any atom is -0.463 e. The normalized spacial score (nSPS) is 18.9. The lowest BCUT2D eigenvalue weighted by Gasteiger charge is -2.47. The van der Waals surface area contributed by atoms with E-state index < -0.39 is 11.4 Å². The van der Waals surface area contributed by atoms with Crippen LogP contribution in [-0.2, 0) is 4.74 Å². The Morgan fingerprint density at radius 3 is 2.61 bits per heavy atom. The van der Waals surface area contributed by atoms with Crippen molar-refractivity contribution in [2.45, 2.75) is 52.6 Å². The summed E-state index contributed by atoms with van der Waals surface area (Å²) in [6, 6.07) is 5.80. The fourth-order valence-electron chi connectivity index (χ4n) is 7.17. The fraction of sp³-hybridized carbons (Fsp3) is 0.529. The number of carbonyl (C=O) groups is 1. The molecule has 244 valence electrons. The molecule has 2 aromatic carbocycles. The number of piperidine rings is 1. The van der Waals surface area contributed by atoms with Crippen molar-refractivity contribution in [3.8, 4) is 17.1 Å². The number of benzene rings is 2. The van der Waals surface area contributed by atoms with Crippen molar-refractivity contribution >= 4 is 45.3 Å². The first-order valence-electron chi connectivity index (χ1n) is 16.1. The summed E-state index contributed by atoms with van der Waals surface area (Å²) >= 11 is 6.94. The number of carbonyl (C=O) groups excluding carboxylic acids is 1. The summed E-state index contributed by atoms with van der Waals surface area (Å²) in [7, 11) is 2.13. The maximum Gasteiger partial charge on any atom is 0.410 e. The van der Waals surface area contributed by atoms with Crippen molar-refractivity contribution in [2.24, 2.45) is 11.3 Å². The number of aromatic amines is 1. The number of aromatic nitrogens is 4. The molecule has 1 amide bonds. The molecule has 12 heteroatoms. The van der Waals surface area contributed by atoms with Gasteiger partial charge in [-0.15, -0.1) is 0 Å². The third kappa shape index (κ3) is 5.72. The average molecular weight is 650 g/mol. The highest BCUT2D eigenvalue weighted by Crippen LogP contribution is 2.46. The van der Waals surface area contributed by atoms with Gasteiger partial charge in [-0.25, -0.2) is 9.18 Å². The number of ether oxygens (including phenoxy) is 2. The van der Waals surface area contributed by atoms with Crippen molar-refractivity contribution in [2.75, 3.05) is 57.8 Å². The van der Waals surface area contributed by atoms with Crippen molar-refractivity contribution < 1.29 is 18.7 Å². The minimum absolute atomic E-state index is 0.0837. The Kier molecular flexibility index (Phi) is 7.75. The molecule has 0 aliphatic carbocycles. The van der Waals surface area contributed by atoms with Gasteiger partial charge in [0.1, 0.15) is 16.9 Å². The zero-order valence-electron chi connectivity index (χ0n) is 27.1. The zero-order valence-corrected chi connectivity index (χ0v) is 27.9. The van der Waals surface area contributed by atoms with E-state index in [0.29, 0.717) is 55.5 Å². The van der Waals surface area contributed by atoms with E-state index in [1.807, 2.05) is 39.8 Å². The van der Waals surface area contributed by atoms with E-state index in [-0.39, 0.29) is 33.6 Å². The quantitative estimate of drug-likeness (QED) is 0.264. The number of rotatable bonds is 5. The Morgan fingerprint density at radius 2 is 1.87 bits per heavy atom. The van der Waals surface area contributed by atoms with Crippen LogP contribution in [0.15, 0.2) is 24.4 Å². The van der Waals surface area contributed by atoms with Gasteiger partial charge in [-0.2, -0.15) is 15.1 Å². The summed E-state index contributed by atoms with van der Waals surface area (Å²) in [5.74, 6) is 0.470. The van der Waals surface area contributed by atoms with E-state index in [1.54, 1.807) is 17.2 Å². The molecule has 0 saturated carbocycles. The molecule has 5 heterocycles. The highest BCUT2D eigenvalue weighted by molar-refractivity contribution is 6.35. The third-order valence-corrected chi connectivity index (χ3v) is 9.95. The number of hydrogen-bond donors (Lipinski definition) is 1. The van der Waals surface area contributed by atoms with E-state index in [1.165, 1.54) is 0 Å². The van der Waals surface area contributed by atoms with E-state index >= 15 is 4.39 Å².